The predicted molar refractivity (Wildman–Crippen MR) is 72.2 cm³/mol. The fourth-order valence-electron chi connectivity index (χ4n) is 1.42. The summed E-state index contributed by atoms with van der Waals surface area (Å²) in [5.41, 5.74) is 2.08. The van der Waals surface area contributed by atoms with Crippen molar-refractivity contribution in [1.29, 1.82) is 0 Å². The number of aryl methyl sites for hydroxylation is 1. The van der Waals surface area contributed by atoms with Gasteiger partial charge in [-0.25, -0.2) is 0 Å². The number of nitrogens with one attached hydrogen (secondary N) is 1. The van der Waals surface area contributed by atoms with Crippen molar-refractivity contribution in [2.24, 2.45) is 0 Å². The normalized spacial score (nSPS) is 12.6. The lowest BCUT2D eigenvalue weighted by Gasteiger charge is -2.15. The Labute approximate surface area is 108 Å². The van der Waals surface area contributed by atoms with E-state index in [1.165, 1.54) is 0 Å². The number of ether oxygens (including phenoxy) is 1. The summed E-state index contributed by atoms with van der Waals surface area (Å²) >= 11 is 5.54. The summed E-state index contributed by atoms with van der Waals surface area (Å²) in [6, 6.07) is 5.88. The Bertz CT molecular complexity index is 355. The fraction of sp³-hybridized carbons (Fsp3) is 0.538. The molecule has 0 saturated heterocycles. The molecular weight excluding hydrogens is 238 g/mol. The zero-order valence-electron chi connectivity index (χ0n) is 10.5. The maximum atomic E-state index is 9.40. The lowest BCUT2D eigenvalue weighted by molar-refractivity contribution is 0.211. The summed E-state index contributed by atoms with van der Waals surface area (Å²) in [5.74, 6) is 1.06. The number of benzene rings is 1. The van der Waals surface area contributed by atoms with Gasteiger partial charge in [0, 0.05) is 18.3 Å². The molecule has 17 heavy (non-hydrogen) atoms. The molecule has 3 nitrogen and oxygen atoms in total. The fourth-order valence-corrected chi connectivity index (χ4v) is 1.53. The average Bonchev–Trinajstić information content (AvgIpc) is 2.28. The van der Waals surface area contributed by atoms with Crippen LogP contribution in [0.4, 0.5) is 5.69 Å². The van der Waals surface area contributed by atoms with E-state index < -0.39 is 6.10 Å². The van der Waals surface area contributed by atoms with Crippen LogP contribution in [-0.4, -0.2) is 29.7 Å². The van der Waals surface area contributed by atoms with E-state index in [0.717, 1.165) is 17.0 Å². The van der Waals surface area contributed by atoms with Crippen LogP contribution in [-0.2, 0) is 0 Å². The lowest BCUT2D eigenvalue weighted by Crippen LogP contribution is -2.21. The van der Waals surface area contributed by atoms with Gasteiger partial charge in [0.2, 0.25) is 0 Å². The highest BCUT2D eigenvalue weighted by Crippen LogP contribution is 2.22. The van der Waals surface area contributed by atoms with Crippen molar-refractivity contribution < 1.29 is 9.84 Å². The number of hydrogen-bond donors (Lipinski definition) is 2. The average molecular weight is 258 g/mol. The summed E-state index contributed by atoms with van der Waals surface area (Å²) in [5, 5.41) is 12.6. The van der Waals surface area contributed by atoms with E-state index in [1.807, 2.05) is 39.0 Å². The number of halogens is 1. The van der Waals surface area contributed by atoms with Crippen molar-refractivity contribution in [1.82, 2.24) is 0 Å². The SMILES string of the molecule is Cc1ccc(OC(C)C)cc1NCC(O)CCl. The largest absolute Gasteiger partial charge is 0.491 e. The van der Waals surface area contributed by atoms with E-state index >= 15 is 0 Å². The van der Waals surface area contributed by atoms with Crippen LogP contribution in [0.25, 0.3) is 0 Å². The van der Waals surface area contributed by atoms with Gasteiger partial charge in [0.25, 0.3) is 0 Å². The predicted octanol–water partition coefficient (Wildman–Crippen LogP) is 2.79. The summed E-state index contributed by atoms with van der Waals surface area (Å²) in [6.07, 6.45) is -0.385. The molecule has 0 saturated carbocycles. The van der Waals surface area contributed by atoms with Crippen molar-refractivity contribution >= 4 is 17.3 Å². The zero-order chi connectivity index (χ0) is 12.8. The van der Waals surface area contributed by atoms with Gasteiger partial charge in [-0.15, -0.1) is 11.6 Å². The maximum absolute atomic E-state index is 9.40. The van der Waals surface area contributed by atoms with Gasteiger partial charge in [0.15, 0.2) is 0 Å². The molecule has 1 rings (SSSR count). The van der Waals surface area contributed by atoms with E-state index in [9.17, 15) is 5.11 Å². The van der Waals surface area contributed by atoms with E-state index in [1.54, 1.807) is 0 Å². The van der Waals surface area contributed by atoms with Crippen LogP contribution >= 0.6 is 11.6 Å². The summed E-state index contributed by atoms with van der Waals surface area (Å²) in [7, 11) is 0. The highest BCUT2D eigenvalue weighted by molar-refractivity contribution is 6.18. The molecule has 96 valence electrons. The summed E-state index contributed by atoms with van der Waals surface area (Å²) < 4.78 is 5.61. The van der Waals surface area contributed by atoms with Gasteiger partial charge in [0.05, 0.1) is 18.1 Å². The van der Waals surface area contributed by atoms with E-state index in [4.69, 9.17) is 16.3 Å². The third kappa shape index (κ3) is 4.84. The second kappa shape index (κ2) is 6.72. The molecule has 1 unspecified atom stereocenters. The third-order valence-electron chi connectivity index (χ3n) is 2.29. The standard InChI is InChI=1S/C13H20ClNO2/c1-9(2)17-12-5-4-10(3)13(6-12)15-8-11(16)7-14/h4-6,9,11,15-16H,7-8H2,1-3H3. The topological polar surface area (TPSA) is 41.5 Å². The minimum Gasteiger partial charge on any atom is -0.491 e. The van der Waals surface area contributed by atoms with Crippen molar-refractivity contribution in [2.45, 2.75) is 33.0 Å². The third-order valence-corrected chi connectivity index (χ3v) is 2.64. The van der Waals surface area contributed by atoms with Gasteiger partial charge in [0.1, 0.15) is 5.75 Å². The van der Waals surface area contributed by atoms with Crippen LogP contribution in [0, 0.1) is 6.92 Å². The molecule has 0 radical (unpaired) electrons. The van der Waals surface area contributed by atoms with Crippen LogP contribution < -0.4 is 10.1 Å². The minimum absolute atomic E-state index is 0.152. The number of anilines is 1. The van der Waals surface area contributed by atoms with Gasteiger partial charge in [-0.3, -0.25) is 0 Å². The Morgan fingerprint density at radius 3 is 2.71 bits per heavy atom. The number of aliphatic hydroxyl groups is 1. The van der Waals surface area contributed by atoms with Gasteiger partial charge < -0.3 is 15.2 Å². The molecular formula is C13H20ClNO2. The monoisotopic (exact) mass is 257 g/mol. The van der Waals surface area contributed by atoms with E-state index in [-0.39, 0.29) is 12.0 Å². The smallest absolute Gasteiger partial charge is 0.121 e. The van der Waals surface area contributed by atoms with Gasteiger partial charge >= 0.3 is 0 Å². The molecule has 0 aromatic heterocycles. The number of rotatable bonds is 6. The summed E-state index contributed by atoms with van der Waals surface area (Å²) in [6.45, 7) is 6.43. The number of aliphatic hydroxyl groups excluding tert-OH is 1. The van der Waals surface area contributed by atoms with Gasteiger partial charge in [-0.2, -0.15) is 0 Å². The second-order valence-electron chi connectivity index (χ2n) is 4.33. The van der Waals surface area contributed by atoms with Crippen LogP contribution in [0.3, 0.4) is 0 Å². The van der Waals surface area contributed by atoms with E-state index in [0.29, 0.717) is 6.54 Å². The molecule has 0 spiro atoms. The molecule has 0 bridgehead atoms. The highest BCUT2D eigenvalue weighted by atomic mass is 35.5. The van der Waals surface area contributed by atoms with Crippen molar-refractivity contribution in [3.8, 4) is 5.75 Å². The van der Waals surface area contributed by atoms with Crippen LogP contribution in [0.15, 0.2) is 18.2 Å². The molecule has 0 heterocycles. The van der Waals surface area contributed by atoms with Gasteiger partial charge in [-0.05, 0) is 32.4 Å². The first-order valence-corrected chi connectivity index (χ1v) is 6.31. The first-order valence-electron chi connectivity index (χ1n) is 5.78. The Morgan fingerprint density at radius 2 is 2.12 bits per heavy atom. The molecule has 0 aliphatic heterocycles. The zero-order valence-corrected chi connectivity index (χ0v) is 11.3. The minimum atomic E-state index is -0.536. The Hall–Kier alpha value is -0.930. The first kappa shape index (κ1) is 14.1. The van der Waals surface area contributed by atoms with Crippen molar-refractivity contribution in [3.63, 3.8) is 0 Å². The molecule has 0 aliphatic rings. The summed E-state index contributed by atoms with van der Waals surface area (Å²) in [4.78, 5) is 0. The lowest BCUT2D eigenvalue weighted by atomic mass is 10.2. The second-order valence-corrected chi connectivity index (χ2v) is 4.64. The van der Waals surface area contributed by atoms with Crippen LogP contribution in [0.2, 0.25) is 0 Å². The first-order chi connectivity index (χ1) is 8.02. The molecule has 0 fully saturated rings. The number of hydrogen-bond acceptors (Lipinski definition) is 3. The molecule has 4 heteroatoms. The molecule has 1 atom stereocenters. The molecule has 0 amide bonds. The Balaban J connectivity index is 2.69. The molecule has 1 aromatic carbocycles. The molecule has 0 aliphatic carbocycles. The van der Waals surface area contributed by atoms with E-state index in [2.05, 4.69) is 5.32 Å². The van der Waals surface area contributed by atoms with Crippen molar-refractivity contribution in [2.75, 3.05) is 17.7 Å². The quantitative estimate of drug-likeness (QED) is 0.770. The maximum Gasteiger partial charge on any atom is 0.121 e. The molecule has 1 aromatic rings. The Morgan fingerprint density at radius 1 is 1.41 bits per heavy atom. The number of alkyl halides is 1. The van der Waals surface area contributed by atoms with Crippen LogP contribution in [0.1, 0.15) is 19.4 Å². The van der Waals surface area contributed by atoms with Crippen LogP contribution in [0.5, 0.6) is 5.75 Å². The van der Waals surface area contributed by atoms with Crippen molar-refractivity contribution in [3.05, 3.63) is 23.8 Å². The highest BCUT2D eigenvalue weighted by Gasteiger charge is 2.05. The Kier molecular flexibility index (Phi) is 5.59. The molecule has 2 N–H and O–H groups in total. The van der Waals surface area contributed by atoms with Gasteiger partial charge in [-0.1, -0.05) is 6.07 Å².